The van der Waals surface area contributed by atoms with Gasteiger partial charge >= 0.3 is 5.91 Å². The first-order chi connectivity index (χ1) is 12.9. The predicted molar refractivity (Wildman–Crippen MR) is 108 cm³/mol. The van der Waals surface area contributed by atoms with Crippen LogP contribution in [0.5, 0.6) is 11.6 Å². The Hall–Kier alpha value is -2.38. The third-order valence-electron chi connectivity index (χ3n) is 3.87. The zero-order valence-corrected chi connectivity index (χ0v) is 17.0. The molecule has 0 saturated heterocycles. The molecule has 3 aromatic rings. The largest absolute Gasteiger partial charge is 0.493 e. The Morgan fingerprint density at radius 2 is 1.96 bits per heavy atom. The Balaban J connectivity index is 1.82. The van der Waals surface area contributed by atoms with Gasteiger partial charge in [-0.2, -0.15) is 0 Å². The van der Waals surface area contributed by atoms with Crippen molar-refractivity contribution in [1.29, 1.82) is 0 Å². The number of aromatic hydroxyl groups is 1. The van der Waals surface area contributed by atoms with Crippen molar-refractivity contribution < 1.29 is 14.6 Å². The number of halogens is 2. The molecule has 1 N–H and O–H groups in total. The van der Waals surface area contributed by atoms with Crippen LogP contribution < -0.4 is 4.74 Å². The average molecular weight is 451 g/mol. The highest BCUT2D eigenvalue weighted by Crippen LogP contribution is 2.41. The van der Waals surface area contributed by atoms with Crippen molar-refractivity contribution in [3.63, 3.8) is 0 Å². The number of benzene rings is 2. The topological polar surface area (TPSA) is 76.2 Å². The Morgan fingerprint density at radius 3 is 2.63 bits per heavy atom. The molecule has 0 spiro atoms. The lowest BCUT2D eigenvalue weighted by Gasteiger charge is -2.10. The molecule has 0 aliphatic carbocycles. The molecule has 0 radical (unpaired) electrons. The number of fused-ring (bicyclic) bond motifs is 1. The lowest BCUT2D eigenvalue weighted by molar-refractivity contribution is -0.120. The fourth-order valence-electron chi connectivity index (χ4n) is 2.69. The fraction of sp³-hybridized carbons (Fsp3) is 0.211. The van der Waals surface area contributed by atoms with Crippen molar-refractivity contribution in [2.75, 3.05) is 6.61 Å². The molecule has 0 fully saturated rings. The molecule has 3 rings (SSSR count). The second kappa shape index (κ2) is 8.10. The van der Waals surface area contributed by atoms with Crippen LogP contribution in [0, 0.1) is 0 Å². The molecule has 140 valence electrons. The molecule has 0 saturated carbocycles. The molecule has 1 aromatic heterocycles. The summed E-state index contributed by atoms with van der Waals surface area (Å²) in [6, 6.07) is 12.3. The summed E-state index contributed by atoms with van der Waals surface area (Å²) in [4.78, 5) is 12.0. The molecule has 1 amide bonds. The van der Waals surface area contributed by atoms with Crippen LogP contribution in [-0.2, 0) is 4.79 Å². The first-order valence-corrected chi connectivity index (χ1v) is 9.39. The lowest BCUT2D eigenvalue weighted by atomic mass is 10.2. The summed E-state index contributed by atoms with van der Waals surface area (Å²) in [5.41, 5.74) is 0.970. The highest BCUT2D eigenvalue weighted by atomic mass is 79.9. The minimum atomic E-state index is -0.565. The van der Waals surface area contributed by atoms with E-state index < -0.39 is 5.91 Å². The Bertz CT molecular complexity index is 1010. The molecule has 27 heavy (non-hydrogen) atoms. The number of hydrogen-bond donors (Lipinski definition) is 1. The van der Waals surface area contributed by atoms with Gasteiger partial charge in [-0.05, 0) is 56.3 Å². The summed E-state index contributed by atoms with van der Waals surface area (Å²) in [7, 11) is 0. The second-order valence-electron chi connectivity index (χ2n) is 6.13. The molecule has 0 bridgehead atoms. The maximum Gasteiger partial charge on any atom is 0.302 e. The third-order valence-corrected chi connectivity index (χ3v) is 4.63. The minimum Gasteiger partial charge on any atom is -0.493 e. The Labute approximate surface area is 169 Å². The first-order valence-electron chi connectivity index (χ1n) is 8.22. The average Bonchev–Trinajstić information content (AvgIpc) is 2.90. The standard InChI is InChI=1S/C19H17BrClN3O3/c1-11(2)24-16-8-5-13(21)9-15(16)18(19(24)26)23-22-17(25)10-27-14-6-3-12(20)4-7-14/h3-9,11,26H,10H2,1-2H3. The van der Waals surface area contributed by atoms with Crippen LogP contribution in [0.2, 0.25) is 5.02 Å². The molecule has 8 heteroatoms. The van der Waals surface area contributed by atoms with E-state index in [1.54, 1.807) is 34.9 Å². The minimum absolute atomic E-state index is 0.00550. The van der Waals surface area contributed by atoms with Crippen LogP contribution in [-0.4, -0.2) is 22.2 Å². The van der Waals surface area contributed by atoms with E-state index >= 15 is 0 Å². The van der Waals surface area contributed by atoms with E-state index in [0.29, 0.717) is 16.2 Å². The van der Waals surface area contributed by atoms with Gasteiger partial charge in [-0.15, -0.1) is 10.2 Å². The quantitative estimate of drug-likeness (QED) is 0.482. The molecule has 0 aliphatic rings. The van der Waals surface area contributed by atoms with Gasteiger partial charge in [0.05, 0.1) is 5.52 Å². The first kappa shape index (κ1) is 19.4. The lowest BCUT2D eigenvalue weighted by Crippen LogP contribution is -2.07. The van der Waals surface area contributed by atoms with E-state index in [1.165, 1.54) is 0 Å². The van der Waals surface area contributed by atoms with Gasteiger partial charge in [-0.25, -0.2) is 0 Å². The zero-order valence-electron chi connectivity index (χ0n) is 14.7. The molecule has 0 unspecified atom stereocenters. The molecular formula is C19H17BrClN3O3. The number of hydrogen-bond acceptors (Lipinski definition) is 4. The van der Waals surface area contributed by atoms with Crippen LogP contribution in [0.3, 0.4) is 0 Å². The summed E-state index contributed by atoms with van der Waals surface area (Å²) in [5, 5.41) is 19.3. The van der Waals surface area contributed by atoms with Gasteiger partial charge in [0.15, 0.2) is 12.3 Å². The Kier molecular flexibility index (Phi) is 5.82. The summed E-state index contributed by atoms with van der Waals surface area (Å²) in [6.07, 6.45) is 0. The maximum atomic E-state index is 12.0. The summed E-state index contributed by atoms with van der Waals surface area (Å²) in [5.74, 6) is -0.0785. The fourth-order valence-corrected chi connectivity index (χ4v) is 3.12. The predicted octanol–water partition coefficient (Wildman–Crippen LogP) is 6.03. The van der Waals surface area contributed by atoms with Gasteiger partial charge in [0.1, 0.15) is 5.75 Å². The van der Waals surface area contributed by atoms with Gasteiger partial charge < -0.3 is 14.4 Å². The molecule has 0 atom stereocenters. The van der Waals surface area contributed by atoms with Gasteiger partial charge in [-0.3, -0.25) is 4.79 Å². The molecule has 2 aromatic carbocycles. The van der Waals surface area contributed by atoms with Gasteiger partial charge in [0.25, 0.3) is 0 Å². The monoisotopic (exact) mass is 449 g/mol. The van der Waals surface area contributed by atoms with Crippen molar-refractivity contribution >= 4 is 50.0 Å². The van der Waals surface area contributed by atoms with Crippen molar-refractivity contribution in [1.82, 2.24) is 4.57 Å². The highest BCUT2D eigenvalue weighted by molar-refractivity contribution is 9.10. The van der Waals surface area contributed by atoms with E-state index in [9.17, 15) is 9.90 Å². The number of nitrogens with zero attached hydrogens (tertiary/aromatic N) is 3. The van der Waals surface area contributed by atoms with E-state index in [-0.39, 0.29) is 24.2 Å². The molecule has 6 nitrogen and oxygen atoms in total. The Morgan fingerprint density at radius 1 is 1.26 bits per heavy atom. The van der Waals surface area contributed by atoms with Gasteiger partial charge in [-0.1, -0.05) is 27.5 Å². The highest BCUT2D eigenvalue weighted by Gasteiger charge is 2.19. The van der Waals surface area contributed by atoms with Crippen LogP contribution in [0.1, 0.15) is 19.9 Å². The SMILES string of the molecule is CC(C)n1c(O)c(N=NC(=O)COc2ccc(Br)cc2)c2cc(Cl)ccc21. The van der Waals surface area contributed by atoms with Crippen molar-refractivity contribution in [2.24, 2.45) is 10.2 Å². The smallest absolute Gasteiger partial charge is 0.302 e. The molecule has 0 aliphatic heterocycles. The van der Waals surface area contributed by atoms with E-state index in [0.717, 1.165) is 9.99 Å². The number of ether oxygens (including phenoxy) is 1. The number of amides is 1. The summed E-state index contributed by atoms with van der Waals surface area (Å²) >= 11 is 9.40. The summed E-state index contributed by atoms with van der Waals surface area (Å²) in [6.45, 7) is 3.62. The number of aromatic nitrogens is 1. The van der Waals surface area contributed by atoms with Gasteiger partial charge in [0.2, 0.25) is 5.88 Å². The van der Waals surface area contributed by atoms with Gasteiger partial charge in [0, 0.05) is 20.9 Å². The number of azo groups is 1. The van der Waals surface area contributed by atoms with Crippen LogP contribution in [0.15, 0.2) is 57.2 Å². The van der Waals surface area contributed by atoms with E-state index in [2.05, 4.69) is 26.2 Å². The zero-order chi connectivity index (χ0) is 19.6. The number of carbonyl (C=O) groups is 1. The van der Waals surface area contributed by atoms with Crippen molar-refractivity contribution in [3.05, 3.63) is 52.0 Å². The normalized spacial score (nSPS) is 11.6. The number of carbonyl (C=O) groups excluding carboxylic acids is 1. The van der Waals surface area contributed by atoms with E-state index in [4.69, 9.17) is 16.3 Å². The van der Waals surface area contributed by atoms with E-state index in [1.807, 2.05) is 26.0 Å². The maximum absolute atomic E-state index is 12.0. The third kappa shape index (κ3) is 4.31. The van der Waals surface area contributed by atoms with Crippen molar-refractivity contribution in [3.8, 4) is 11.6 Å². The van der Waals surface area contributed by atoms with Crippen LogP contribution in [0.4, 0.5) is 5.69 Å². The van der Waals surface area contributed by atoms with Crippen molar-refractivity contribution in [2.45, 2.75) is 19.9 Å². The second-order valence-corrected chi connectivity index (χ2v) is 7.49. The number of rotatable bonds is 5. The van der Waals surface area contributed by atoms with Crippen LogP contribution >= 0.6 is 27.5 Å². The van der Waals surface area contributed by atoms with Crippen LogP contribution in [0.25, 0.3) is 10.9 Å². The molecule has 1 heterocycles. The molecular weight excluding hydrogens is 434 g/mol. The summed E-state index contributed by atoms with van der Waals surface area (Å²) < 4.78 is 8.00.